The Labute approximate surface area is 167 Å². The molecule has 1 unspecified atom stereocenters. The van der Waals surface area contributed by atoms with Crippen LogP contribution in [-0.4, -0.2) is 45.5 Å². The average molecular weight is 391 g/mol. The van der Waals surface area contributed by atoms with Gasteiger partial charge in [0, 0.05) is 36.7 Å². The molecule has 0 spiro atoms. The number of hydrogen-bond donors (Lipinski definition) is 2. The molecule has 2 aromatic heterocycles. The number of aromatic amines is 1. The van der Waals surface area contributed by atoms with Crippen LogP contribution in [0.1, 0.15) is 38.9 Å². The molecule has 2 N–H and O–H groups in total. The third-order valence-electron chi connectivity index (χ3n) is 5.11. The Bertz CT molecular complexity index is 1050. The van der Waals surface area contributed by atoms with Gasteiger partial charge >= 0.3 is 12.0 Å². The van der Waals surface area contributed by atoms with E-state index < -0.39 is 5.97 Å². The van der Waals surface area contributed by atoms with Crippen molar-refractivity contribution in [2.45, 2.75) is 19.4 Å². The van der Waals surface area contributed by atoms with Gasteiger partial charge in [0.05, 0.1) is 24.7 Å². The van der Waals surface area contributed by atoms with E-state index in [1.165, 1.54) is 7.11 Å². The minimum Gasteiger partial charge on any atom is -0.465 e. The van der Waals surface area contributed by atoms with Gasteiger partial charge in [-0.05, 0) is 42.3 Å². The fraction of sp³-hybridized carbons (Fsp3) is 0.238. The predicted octanol–water partition coefficient (Wildman–Crippen LogP) is 3.08. The monoisotopic (exact) mass is 391 g/mol. The van der Waals surface area contributed by atoms with Gasteiger partial charge in [0.25, 0.3) is 0 Å². The number of imidazole rings is 1. The second kappa shape index (κ2) is 7.75. The largest absolute Gasteiger partial charge is 0.465 e. The SMILES string of the molecule is COC(=O)c1ccc(C)c(NC(=O)N2CCc3[nH]cnc3C2c2ccncc2)c1. The minimum absolute atomic E-state index is 0.259. The molecule has 2 amide bonds. The highest BCUT2D eigenvalue weighted by molar-refractivity contribution is 5.95. The van der Waals surface area contributed by atoms with Gasteiger partial charge in [-0.2, -0.15) is 0 Å². The summed E-state index contributed by atoms with van der Waals surface area (Å²) in [6, 6.07) is 8.28. The van der Waals surface area contributed by atoms with Crippen LogP contribution in [0, 0.1) is 6.92 Å². The van der Waals surface area contributed by atoms with Gasteiger partial charge in [-0.15, -0.1) is 0 Å². The zero-order valence-electron chi connectivity index (χ0n) is 16.2. The molecular formula is C21H21N5O3. The first kappa shape index (κ1) is 18.7. The molecule has 1 aliphatic heterocycles. The maximum absolute atomic E-state index is 13.2. The smallest absolute Gasteiger partial charge is 0.337 e. The van der Waals surface area contributed by atoms with Crippen molar-refractivity contribution in [1.82, 2.24) is 19.9 Å². The van der Waals surface area contributed by atoms with E-state index in [9.17, 15) is 9.59 Å². The van der Waals surface area contributed by atoms with Gasteiger partial charge in [0.15, 0.2) is 0 Å². The first-order valence-electron chi connectivity index (χ1n) is 9.27. The predicted molar refractivity (Wildman–Crippen MR) is 107 cm³/mol. The molecule has 8 heteroatoms. The van der Waals surface area contributed by atoms with Gasteiger partial charge < -0.3 is 19.9 Å². The molecule has 1 aliphatic rings. The van der Waals surface area contributed by atoms with Crippen LogP contribution in [0.25, 0.3) is 0 Å². The molecule has 0 bridgehead atoms. The van der Waals surface area contributed by atoms with Gasteiger partial charge in [-0.25, -0.2) is 14.6 Å². The Morgan fingerprint density at radius 2 is 2.03 bits per heavy atom. The highest BCUT2D eigenvalue weighted by atomic mass is 16.5. The molecule has 3 aromatic rings. The van der Waals surface area contributed by atoms with Crippen molar-refractivity contribution in [3.8, 4) is 0 Å². The van der Waals surface area contributed by atoms with Crippen molar-refractivity contribution in [2.24, 2.45) is 0 Å². The lowest BCUT2D eigenvalue weighted by Gasteiger charge is -2.35. The van der Waals surface area contributed by atoms with Gasteiger partial charge in [0.1, 0.15) is 6.04 Å². The fourth-order valence-electron chi connectivity index (χ4n) is 3.57. The van der Waals surface area contributed by atoms with Gasteiger partial charge in [-0.1, -0.05) is 6.07 Å². The number of benzene rings is 1. The van der Waals surface area contributed by atoms with Gasteiger partial charge in [0.2, 0.25) is 0 Å². The highest BCUT2D eigenvalue weighted by Gasteiger charge is 2.34. The second-order valence-electron chi connectivity index (χ2n) is 6.84. The number of fused-ring (bicyclic) bond motifs is 1. The lowest BCUT2D eigenvalue weighted by Crippen LogP contribution is -2.43. The van der Waals surface area contributed by atoms with Crippen molar-refractivity contribution >= 4 is 17.7 Å². The third-order valence-corrected chi connectivity index (χ3v) is 5.11. The molecule has 4 rings (SSSR count). The van der Waals surface area contributed by atoms with Crippen LogP contribution < -0.4 is 5.32 Å². The van der Waals surface area contributed by atoms with Crippen LogP contribution in [-0.2, 0) is 11.2 Å². The van der Waals surface area contributed by atoms with Gasteiger partial charge in [-0.3, -0.25) is 4.98 Å². The van der Waals surface area contributed by atoms with Crippen molar-refractivity contribution in [1.29, 1.82) is 0 Å². The number of nitrogens with zero attached hydrogens (tertiary/aromatic N) is 3. The van der Waals surface area contributed by atoms with Crippen LogP contribution >= 0.6 is 0 Å². The zero-order chi connectivity index (χ0) is 20.4. The Balaban J connectivity index is 1.65. The van der Waals surface area contributed by atoms with E-state index in [-0.39, 0.29) is 12.1 Å². The quantitative estimate of drug-likeness (QED) is 0.669. The van der Waals surface area contributed by atoms with E-state index in [4.69, 9.17) is 4.74 Å². The lowest BCUT2D eigenvalue weighted by atomic mass is 9.97. The van der Waals surface area contributed by atoms with Crippen molar-refractivity contribution < 1.29 is 14.3 Å². The molecule has 0 saturated heterocycles. The first-order valence-corrected chi connectivity index (χ1v) is 9.27. The van der Waals surface area contributed by atoms with E-state index in [2.05, 4.69) is 20.3 Å². The zero-order valence-corrected chi connectivity index (χ0v) is 16.2. The molecule has 1 aromatic carbocycles. The topological polar surface area (TPSA) is 100 Å². The van der Waals surface area contributed by atoms with Crippen molar-refractivity contribution in [3.05, 3.63) is 77.1 Å². The van der Waals surface area contributed by atoms with Crippen LogP contribution in [0.4, 0.5) is 10.5 Å². The molecule has 148 valence electrons. The number of anilines is 1. The summed E-state index contributed by atoms with van der Waals surface area (Å²) in [6.07, 6.45) is 5.75. The summed E-state index contributed by atoms with van der Waals surface area (Å²) in [4.78, 5) is 38.5. The normalized spacial score (nSPS) is 15.5. The number of hydrogen-bond acceptors (Lipinski definition) is 5. The summed E-state index contributed by atoms with van der Waals surface area (Å²) >= 11 is 0. The summed E-state index contributed by atoms with van der Waals surface area (Å²) in [5, 5.41) is 2.95. The number of amides is 2. The van der Waals surface area contributed by atoms with Crippen LogP contribution in [0.2, 0.25) is 0 Å². The Kier molecular flexibility index (Phi) is 4.99. The molecule has 1 atom stereocenters. The van der Waals surface area contributed by atoms with Crippen molar-refractivity contribution in [3.63, 3.8) is 0 Å². The molecule has 0 fully saturated rings. The number of methoxy groups -OCH3 is 1. The maximum Gasteiger partial charge on any atom is 0.337 e. The van der Waals surface area contributed by atoms with E-state index in [0.717, 1.165) is 22.5 Å². The molecule has 29 heavy (non-hydrogen) atoms. The lowest BCUT2D eigenvalue weighted by molar-refractivity contribution is 0.0600. The van der Waals surface area contributed by atoms with E-state index >= 15 is 0 Å². The number of carbonyl (C=O) groups is 2. The molecular weight excluding hydrogens is 370 g/mol. The summed E-state index contributed by atoms with van der Waals surface area (Å²) in [7, 11) is 1.33. The number of urea groups is 1. The number of nitrogens with one attached hydrogen (secondary N) is 2. The van der Waals surface area contributed by atoms with Crippen LogP contribution in [0.3, 0.4) is 0 Å². The number of aryl methyl sites for hydroxylation is 1. The number of aromatic nitrogens is 3. The fourth-order valence-corrected chi connectivity index (χ4v) is 3.57. The number of rotatable bonds is 3. The number of esters is 1. The molecule has 0 radical (unpaired) electrons. The Morgan fingerprint density at radius 1 is 1.24 bits per heavy atom. The molecule has 0 saturated carbocycles. The summed E-state index contributed by atoms with van der Waals surface area (Å²) < 4.78 is 4.78. The third kappa shape index (κ3) is 3.56. The molecule has 0 aliphatic carbocycles. The number of ether oxygens (including phenoxy) is 1. The highest BCUT2D eigenvalue weighted by Crippen LogP contribution is 2.33. The molecule has 3 heterocycles. The van der Waals surface area contributed by atoms with E-state index in [1.807, 2.05) is 19.1 Å². The number of carbonyl (C=O) groups excluding carboxylic acids is 2. The summed E-state index contributed by atoms with van der Waals surface area (Å²) in [5.74, 6) is -0.450. The van der Waals surface area contributed by atoms with Crippen molar-refractivity contribution in [2.75, 3.05) is 19.0 Å². The van der Waals surface area contributed by atoms with Crippen LogP contribution in [0.5, 0.6) is 0 Å². The van der Waals surface area contributed by atoms with E-state index in [1.54, 1.807) is 41.8 Å². The summed E-state index contributed by atoms with van der Waals surface area (Å²) in [5.41, 5.74) is 4.59. The second-order valence-corrected chi connectivity index (χ2v) is 6.84. The summed E-state index contributed by atoms with van der Waals surface area (Å²) in [6.45, 7) is 2.41. The molecule has 8 nitrogen and oxygen atoms in total. The minimum atomic E-state index is -0.450. The van der Waals surface area contributed by atoms with E-state index in [0.29, 0.717) is 24.2 Å². The van der Waals surface area contributed by atoms with Crippen LogP contribution in [0.15, 0.2) is 49.1 Å². The maximum atomic E-state index is 13.2. The Morgan fingerprint density at radius 3 is 2.79 bits per heavy atom. The first-order chi connectivity index (χ1) is 14.1. The number of pyridine rings is 1. The number of H-pyrrole nitrogens is 1. The Hall–Kier alpha value is -3.68. The average Bonchev–Trinajstić information content (AvgIpc) is 3.23. The standard InChI is InChI=1S/C21H21N5O3/c1-13-3-4-15(20(27)29-2)11-17(13)25-21(28)26-10-7-16-18(24-12-23-16)19(26)14-5-8-22-9-6-14/h3-6,8-9,11-12,19H,7,10H2,1-2H3,(H,23,24)(H,25,28).